The smallest absolute Gasteiger partial charge is 0.173 e. The van der Waals surface area contributed by atoms with Crippen molar-refractivity contribution in [3.8, 4) is 16.5 Å². The number of hydrogen-bond acceptors (Lipinski definition) is 5. The number of rotatable bonds is 2. The molecule has 0 aliphatic heterocycles. The topological polar surface area (TPSA) is 69.6 Å². The van der Waals surface area contributed by atoms with Gasteiger partial charge in [0, 0.05) is 18.5 Å². The predicted molar refractivity (Wildman–Crippen MR) is 66.9 cm³/mol. The third kappa shape index (κ3) is 1.90. The van der Waals surface area contributed by atoms with Gasteiger partial charge in [0.25, 0.3) is 0 Å². The minimum atomic E-state index is 0.439. The van der Waals surface area contributed by atoms with Gasteiger partial charge >= 0.3 is 0 Å². The fourth-order valence-electron chi connectivity index (χ4n) is 1.49. The van der Waals surface area contributed by atoms with Crippen LogP contribution in [0.3, 0.4) is 0 Å². The standard InChI is InChI=1S/C11H9N5S/c12-9-7-10(16-5-2-4-13-16)15-11(14-9)8-3-1-6-17-8/h1-7H,(H2,12,14,15). The Labute approximate surface area is 102 Å². The van der Waals surface area contributed by atoms with Gasteiger partial charge < -0.3 is 5.73 Å². The Kier molecular flexibility index (Phi) is 2.34. The van der Waals surface area contributed by atoms with Crippen LogP contribution in [0.5, 0.6) is 0 Å². The van der Waals surface area contributed by atoms with Crippen molar-refractivity contribution in [3.63, 3.8) is 0 Å². The molecule has 5 nitrogen and oxygen atoms in total. The maximum absolute atomic E-state index is 5.78. The molecule has 3 aromatic rings. The summed E-state index contributed by atoms with van der Waals surface area (Å²) >= 11 is 1.58. The van der Waals surface area contributed by atoms with Gasteiger partial charge in [-0.25, -0.2) is 14.6 Å². The molecule has 0 saturated heterocycles. The third-order valence-electron chi connectivity index (χ3n) is 2.21. The lowest BCUT2D eigenvalue weighted by Crippen LogP contribution is -2.03. The van der Waals surface area contributed by atoms with Gasteiger partial charge in [-0.2, -0.15) is 5.10 Å². The molecular formula is C11H9N5S. The minimum absolute atomic E-state index is 0.439. The molecule has 17 heavy (non-hydrogen) atoms. The molecular weight excluding hydrogens is 234 g/mol. The zero-order valence-corrected chi connectivity index (χ0v) is 9.63. The molecule has 0 fully saturated rings. The molecule has 6 heteroatoms. The summed E-state index contributed by atoms with van der Waals surface area (Å²) in [6, 6.07) is 7.46. The van der Waals surface area contributed by atoms with Crippen LogP contribution in [0.2, 0.25) is 0 Å². The van der Waals surface area contributed by atoms with Crippen LogP contribution < -0.4 is 5.73 Å². The van der Waals surface area contributed by atoms with Gasteiger partial charge in [-0.3, -0.25) is 0 Å². The van der Waals surface area contributed by atoms with Crippen LogP contribution in [-0.4, -0.2) is 19.7 Å². The summed E-state index contributed by atoms with van der Waals surface area (Å²) in [7, 11) is 0. The van der Waals surface area contributed by atoms with Gasteiger partial charge in [0.2, 0.25) is 0 Å². The predicted octanol–water partition coefficient (Wildman–Crippen LogP) is 1.97. The molecule has 84 valence electrons. The van der Waals surface area contributed by atoms with E-state index in [1.165, 1.54) is 0 Å². The van der Waals surface area contributed by atoms with Crippen molar-refractivity contribution in [2.45, 2.75) is 0 Å². The van der Waals surface area contributed by atoms with E-state index >= 15 is 0 Å². The van der Waals surface area contributed by atoms with Crippen molar-refractivity contribution in [2.75, 3.05) is 5.73 Å². The number of hydrogen-bond donors (Lipinski definition) is 1. The Hall–Kier alpha value is -2.21. The number of aromatic nitrogens is 4. The van der Waals surface area contributed by atoms with Gasteiger partial charge in [0.1, 0.15) is 5.82 Å². The molecule has 3 aromatic heterocycles. The van der Waals surface area contributed by atoms with Gasteiger partial charge in [-0.15, -0.1) is 11.3 Å². The zero-order chi connectivity index (χ0) is 11.7. The van der Waals surface area contributed by atoms with Crippen LogP contribution in [0, 0.1) is 0 Å². The van der Waals surface area contributed by atoms with Crippen LogP contribution in [0.4, 0.5) is 5.82 Å². The van der Waals surface area contributed by atoms with E-state index in [2.05, 4.69) is 15.1 Å². The first-order valence-electron chi connectivity index (χ1n) is 5.01. The maximum atomic E-state index is 5.78. The number of thiophene rings is 1. The van der Waals surface area contributed by atoms with Crippen LogP contribution >= 0.6 is 11.3 Å². The van der Waals surface area contributed by atoms with Gasteiger partial charge in [0.15, 0.2) is 11.6 Å². The Balaban J connectivity index is 2.13. The fraction of sp³-hybridized carbons (Fsp3) is 0. The molecule has 0 unspecified atom stereocenters. The summed E-state index contributed by atoms with van der Waals surface area (Å²) in [5.41, 5.74) is 5.78. The first-order chi connectivity index (χ1) is 8.33. The van der Waals surface area contributed by atoms with Crippen LogP contribution in [-0.2, 0) is 0 Å². The first-order valence-corrected chi connectivity index (χ1v) is 5.89. The van der Waals surface area contributed by atoms with Gasteiger partial charge in [-0.1, -0.05) is 6.07 Å². The summed E-state index contributed by atoms with van der Waals surface area (Å²) in [5, 5.41) is 6.11. The lowest BCUT2D eigenvalue weighted by molar-refractivity contribution is 0.843. The number of nitrogens with zero attached hydrogens (tertiary/aromatic N) is 4. The fourth-order valence-corrected chi connectivity index (χ4v) is 2.15. The highest BCUT2D eigenvalue weighted by Crippen LogP contribution is 2.22. The maximum Gasteiger partial charge on any atom is 0.173 e. The Bertz CT molecular complexity index is 563. The van der Waals surface area contributed by atoms with Crippen molar-refractivity contribution in [1.29, 1.82) is 0 Å². The highest BCUT2D eigenvalue weighted by molar-refractivity contribution is 7.13. The summed E-state index contributed by atoms with van der Waals surface area (Å²) < 4.78 is 1.66. The molecule has 0 spiro atoms. The van der Waals surface area contributed by atoms with Crippen molar-refractivity contribution in [1.82, 2.24) is 19.7 Å². The molecule has 2 N–H and O–H groups in total. The van der Waals surface area contributed by atoms with E-state index in [-0.39, 0.29) is 0 Å². The third-order valence-corrected chi connectivity index (χ3v) is 3.08. The molecule has 0 bridgehead atoms. The van der Waals surface area contributed by atoms with Crippen molar-refractivity contribution in [3.05, 3.63) is 42.0 Å². The van der Waals surface area contributed by atoms with Gasteiger partial charge in [0.05, 0.1) is 4.88 Å². The average Bonchev–Trinajstić information content (AvgIpc) is 3.02. The van der Waals surface area contributed by atoms with Crippen molar-refractivity contribution < 1.29 is 0 Å². The summed E-state index contributed by atoms with van der Waals surface area (Å²) in [6.07, 6.45) is 3.52. The lowest BCUT2D eigenvalue weighted by Gasteiger charge is -2.04. The van der Waals surface area contributed by atoms with Gasteiger partial charge in [-0.05, 0) is 17.5 Å². The molecule has 3 rings (SSSR count). The van der Waals surface area contributed by atoms with Crippen LogP contribution in [0.1, 0.15) is 0 Å². The van der Waals surface area contributed by atoms with E-state index in [0.29, 0.717) is 17.5 Å². The number of anilines is 1. The molecule has 0 saturated carbocycles. The van der Waals surface area contributed by atoms with E-state index in [4.69, 9.17) is 5.73 Å². The summed E-state index contributed by atoms with van der Waals surface area (Å²) in [5.74, 6) is 1.74. The highest BCUT2D eigenvalue weighted by Gasteiger charge is 2.07. The van der Waals surface area contributed by atoms with Crippen molar-refractivity contribution >= 4 is 17.2 Å². The number of nitrogen functional groups attached to an aromatic ring is 1. The Morgan fingerprint density at radius 2 is 2.18 bits per heavy atom. The summed E-state index contributed by atoms with van der Waals surface area (Å²) in [6.45, 7) is 0. The quantitative estimate of drug-likeness (QED) is 0.747. The normalized spacial score (nSPS) is 10.6. The molecule has 0 radical (unpaired) electrons. The molecule has 0 aliphatic carbocycles. The molecule has 0 aromatic carbocycles. The van der Waals surface area contributed by atoms with E-state index in [0.717, 1.165) is 4.88 Å². The van der Waals surface area contributed by atoms with Crippen LogP contribution in [0.15, 0.2) is 42.0 Å². The molecule has 0 aliphatic rings. The minimum Gasteiger partial charge on any atom is -0.384 e. The first kappa shape index (κ1) is 9.98. The molecule has 0 amide bonds. The lowest BCUT2D eigenvalue weighted by atomic mass is 10.4. The average molecular weight is 243 g/mol. The zero-order valence-electron chi connectivity index (χ0n) is 8.82. The highest BCUT2D eigenvalue weighted by atomic mass is 32.1. The second-order valence-corrected chi connectivity index (χ2v) is 4.35. The molecule has 0 atom stereocenters. The van der Waals surface area contributed by atoms with E-state index in [1.54, 1.807) is 28.3 Å². The van der Waals surface area contributed by atoms with E-state index in [9.17, 15) is 0 Å². The SMILES string of the molecule is Nc1cc(-n2cccn2)nc(-c2cccs2)n1. The Morgan fingerprint density at radius 3 is 2.88 bits per heavy atom. The number of nitrogens with two attached hydrogens (primary N) is 1. The monoisotopic (exact) mass is 243 g/mol. The van der Waals surface area contributed by atoms with Crippen molar-refractivity contribution in [2.24, 2.45) is 0 Å². The van der Waals surface area contributed by atoms with E-state index < -0.39 is 0 Å². The Morgan fingerprint density at radius 1 is 1.24 bits per heavy atom. The second kappa shape index (κ2) is 3.99. The summed E-state index contributed by atoms with van der Waals surface area (Å²) in [4.78, 5) is 9.65. The van der Waals surface area contributed by atoms with Crippen LogP contribution in [0.25, 0.3) is 16.5 Å². The molecule has 3 heterocycles. The second-order valence-electron chi connectivity index (χ2n) is 3.40. The van der Waals surface area contributed by atoms with E-state index in [1.807, 2.05) is 29.8 Å². The largest absolute Gasteiger partial charge is 0.384 e.